The fourth-order valence-electron chi connectivity index (χ4n) is 0.801. The van der Waals surface area contributed by atoms with E-state index >= 15 is 0 Å². The van der Waals surface area contributed by atoms with Crippen LogP contribution in [-0.4, -0.2) is 38.9 Å². The summed E-state index contributed by atoms with van der Waals surface area (Å²) in [4.78, 5) is 10.2. The first-order chi connectivity index (χ1) is 5.97. The van der Waals surface area contributed by atoms with E-state index in [1.54, 1.807) is 0 Å². The van der Waals surface area contributed by atoms with Crippen molar-refractivity contribution >= 4 is 21.7 Å². The first kappa shape index (κ1) is 9.87. The second-order valence-electron chi connectivity index (χ2n) is 2.30. The number of rotatable bonds is 3. The van der Waals surface area contributed by atoms with Crippen molar-refractivity contribution in [2.24, 2.45) is 4.40 Å². The van der Waals surface area contributed by atoms with Gasteiger partial charge >= 0.3 is 5.97 Å². The predicted octanol–water partition coefficient (Wildman–Crippen LogP) is -0.614. The summed E-state index contributed by atoms with van der Waals surface area (Å²) >= 11 is 0. The van der Waals surface area contributed by atoms with Gasteiger partial charge < -0.3 is 9.84 Å². The van der Waals surface area contributed by atoms with Gasteiger partial charge in [-0.25, -0.2) is 4.79 Å². The van der Waals surface area contributed by atoms with Gasteiger partial charge in [0.25, 0.3) is 10.0 Å². The maximum Gasteiger partial charge on any atom is 0.355 e. The Morgan fingerprint density at radius 2 is 2.31 bits per heavy atom. The molecule has 0 aliphatic carbocycles. The summed E-state index contributed by atoms with van der Waals surface area (Å²) in [6.07, 6.45) is 0.987. The predicted molar refractivity (Wildman–Crippen MR) is 43.9 cm³/mol. The van der Waals surface area contributed by atoms with E-state index in [2.05, 4.69) is 9.13 Å². The van der Waals surface area contributed by atoms with Gasteiger partial charge in [0.1, 0.15) is 0 Å². The van der Waals surface area contributed by atoms with E-state index in [9.17, 15) is 13.2 Å². The minimum absolute atomic E-state index is 0.132. The van der Waals surface area contributed by atoms with Crippen LogP contribution >= 0.6 is 0 Å². The monoisotopic (exact) mass is 205 g/mol. The Kier molecular flexibility index (Phi) is 2.48. The average molecular weight is 205 g/mol. The fraction of sp³-hybridized carbons (Fsp3) is 0.333. The van der Waals surface area contributed by atoms with Gasteiger partial charge in [-0.2, -0.15) is 12.8 Å². The van der Waals surface area contributed by atoms with Crippen molar-refractivity contribution in [3.63, 3.8) is 0 Å². The van der Waals surface area contributed by atoms with Crippen molar-refractivity contribution in [3.8, 4) is 0 Å². The van der Waals surface area contributed by atoms with Crippen LogP contribution < -0.4 is 0 Å². The Bertz CT molecular complexity index is 391. The highest BCUT2D eigenvalue weighted by Gasteiger charge is 2.27. The molecule has 1 heterocycles. The van der Waals surface area contributed by atoms with Crippen molar-refractivity contribution in [2.45, 2.75) is 0 Å². The Balaban J connectivity index is 3.05. The third-order valence-corrected chi connectivity index (χ3v) is 2.69. The van der Waals surface area contributed by atoms with Crippen molar-refractivity contribution in [1.29, 1.82) is 0 Å². The molecular formula is C6H7NO5S. The van der Waals surface area contributed by atoms with Gasteiger partial charge in [0.2, 0.25) is 0 Å². The SMILES string of the molecule is COCC1=CC(C(=O)O)=NS1(=O)=O. The Morgan fingerprint density at radius 3 is 2.69 bits per heavy atom. The van der Waals surface area contributed by atoms with E-state index in [0.717, 1.165) is 6.08 Å². The normalized spacial score (nSPS) is 19.5. The van der Waals surface area contributed by atoms with Crippen LogP contribution in [0.3, 0.4) is 0 Å². The zero-order valence-corrected chi connectivity index (χ0v) is 7.54. The van der Waals surface area contributed by atoms with Crippen LogP contribution in [0.5, 0.6) is 0 Å². The summed E-state index contributed by atoms with van der Waals surface area (Å²) in [6, 6.07) is 0. The molecule has 0 spiro atoms. The summed E-state index contributed by atoms with van der Waals surface area (Å²) < 4.78 is 29.7. The lowest BCUT2D eigenvalue weighted by Crippen LogP contribution is -2.07. The van der Waals surface area contributed by atoms with Crippen LogP contribution in [0.2, 0.25) is 0 Å². The summed E-state index contributed by atoms with van der Waals surface area (Å²) in [6.45, 7) is -0.164. The molecule has 0 fully saturated rings. The molecular weight excluding hydrogens is 198 g/mol. The molecule has 0 amide bonds. The molecule has 6 nitrogen and oxygen atoms in total. The number of aliphatic carboxylic acids is 1. The molecule has 0 saturated carbocycles. The zero-order valence-electron chi connectivity index (χ0n) is 6.72. The topological polar surface area (TPSA) is 93.0 Å². The quantitative estimate of drug-likeness (QED) is 0.663. The van der Waals surface area contributed by atoms with E-state index in [1.165, 1.54) is 7.11 Å². The number of ether oxygens (including phenoxy) is 1. The van der Waals surface area contributed by atoms with E-state index < -0.39 is 21.7 Å². The lowest BCUT2D eigenvalue weighted by molar-refractivity contribution is -0.129. The van der Waals surface area contributed by atoms with Gasteiger partial charge in [-0.3, -0.25) is 0 Å². The lowest BCUT2D eigenvalue weighted by Gasteiger charge is -1.96. The number of carbonyl (C=O) groups is 1. The molecule has 0 unspecified atom stereocenters. The van der Waals surface area contributed by atoms with Gasteiger partial charge in [0.15, 0.2) is 5.71 Å². The molecule has 13 heavy (non-hydrogen) atoms. The maximum absolute atomic E-state index is 11.1. The summed E-state index contributed by atoms with van der Waals surface area (Å²) in [5, 5.41) is 8.45. The Morgan fingerprint density at radius 1 is 1.69 bits per heavy atom. The van der Waals surface area contributed by atoms with Crippen molar-refractivity contribution < 1.29 is 23.1 Å². The third-order valence-electron chi connectivity index (χ3n) is 1.35. The van der Waals surface area contributed by atoms with E-state index in [1.807, 2.05) is 0 Å². The minimum Gasteiger partial charge on any atom is -0.476 e. The lowest BCUT2D eigenvalue weighted by atomic mass is 10.3. The maximum atomic E-state index is 11.1. The van der Waals surface area contributed by atoms with Gasteiger partial charge in [-0.05, 0) is 6.08 Å². The number of methoxy groups -OCH3 is 1. The number of hydrogen-bond acceptors (Lipinski definition) is 4. The highest BCUT2D eigenvalue weighted by Crippen LogP contribution is 2.16. The van der Waals surface area contributed by atoms with Gasteiger partial charge in [0, 0.05) is 7.11 Å². The van der Waals surface area contributed by atoms with Gasteiger partial charge in [-0.15, -0.1) is 0 Å². The first-order valence-electron chi connectivity index (χ1n) is 3.25. The Hall–Kier alpha value is -1.21. The second-order valence-corrected chi connectivity index (χ2v) is 3.96. The van der Waals surface area contributed by atoms with E-state index in [0.29, 0.717) is 0 Å². The molecule has 0 aromatic carbocycles. The standard InChI is InChI=1S/C6H7NO5S/c1-12-3-4-2-5(6(8)9)7-13(4,10)11/h2H,3H2,1H3,(H,8,9). The van der Waals surface area contributed by atoms with E-state index in [-0.39, 0.29) is 11.5 Å². The molecule has 1 rings (SSSR count). The molecule has 0 saturated heterocycles. The molecule has 1 aliphatic rings. The first-order valence-corrected chi connectivity index (χ1v) is 4.69. The molecule has 72 valence electrons. The number of hydrogen-bond donors (Lipinski definition) is 1. The van der Waals surface area contributed by atoms with Gasteiger partial charge in [-0.1, -0.05) is 0 Å². The average Bonchev–Trinajstić information content (AvgIpc) is 2.28. The molecule has 0 aromatic rings. The second kappa shape index (κ2) is 3.27. The zero-order chi connectivity index (χ0) is 10.1. The smallest absolute Gasteiger partial charge is 0.355 e. The van der Waals surface area contributed by atoms with Crippen LogP contribution in [0.15, 0.2) is 15.4 Å². The van der Waals surface area contributed by atoms with Crippen LogP contribution in [0.25, 0.3) is 0 Å². The number of carboxylic acid groups (broad SMARTS) is 1. The molecule has 0 atom stereocenters. The van der Waals surface area contributed by atoms with Crippen LogP contribution in [0.4, 0.5) is 0 Å². The summed E-state index contributed by atoms with van der Waals surface area (Å²) in [5.74, 6) is -1.37. The van der Waals surface area contributed by atoms with Crippen molar-refractivity contribution in [1.82, 2.24) is 0 Å². The Labute approximate surface area is 74.6 Å². The minimum atomic E-state index is -3.80. The molecule has 0 aromatic heterocycles. The third kappa shape index (κ3) is 1.93. The van der Waals surface area contributed by atoms with Gasteiger partial charge in [0.05, 0.1) is 11.5 Å². The van der Waals surface area contributed by atoms with Crippen LogP contribution in [-0.2, 0) is 19.6 Å². The fourth-order valence-corrected chi connectivity index (χ4v) is 1.83. The largest absolute Gasteiger partial charge is 0.476 e. The number of nitrogens with zero attached hydrogens (tertiary/aromatic N) is 1. The van der Waals surface area contributed by atoms with E-state index in [4.69, 9.17) is 5.11 Å². The molecule has 0 bridgehead atoms. The molecule has 1 aliphatic heterocycles. The summed E-state index contributed by atoms with van der Waals surface area (Å²) in [7, 11) is -2.49. The summed E-state index contributed by atoms with van der Waals surface area (Å²) in [5.41, 5.74) is -0.480. The van der Waals surface area contributed by atoms with Crippen molar-refractivity contribution in [2.75, 3.05) is 13.7 Å². The van der Waals surface area contributed by atoms with Crippen LogP contribution in [0.1, 0.15) is 0 Å². The molecule has 7 heteroatoms. The van der Waals surface area contributed by atoms with Crippen LogP contribution in [0, 0.1) is 0 Å². The van der Waals surface area contributed by atoms with Crippen molar-refractivity contribution in [3.05, 3.63) is 11.0 Å². The number of carboxylic acids is 1. The highest BCUT2D eigenvalue weighted by atomic mass is 32.2. The molecule has 1 N–H and O–H groups in total. The number of sulfonamides is 1. The molecule has 0 radical (unpaired) electrons. The highest BCUT2D eigenvalue weighted by molar-refractivity contribution is 7.94.